The summed E-state index contributed by atoms with van der Waals surface area (Å²) < 4.78 is 5.10. The summed E-state index contributed by atoms with van der Waals surface area (Å²) in [6.07, 6.45) is 0. The van der Waals surface area contributed by atoms with E-state index in [0.717, 1.165) is 0 Å². The molecule has 1 aliphatic carbocycles. The number of esters is 1. The Morgan fingerprint density at radius 1 is 0.864 bits per heavy atom. The highest BCUT2D eigenvalue weighted by molar-refractivity contribution is 6.56. The first-order valence-electron chi connectivity index (χ1n) is 6.14. The Balaban J connectivity index is 2.58. The van der Waals surface area contributed by atoms with Crippen molar-refractivity contribution in [2.45, 2.75) is 26.4 Å². The van der Waals surface area contributed by atoms with E-state index in [1.165, 1.54) is 0 Å². The number of rotatable bonds is 1. The van der Waals surface area contributed by atoms with Crippen LogP contribution in [0.3, 0.4) is 0 Å². The summed E-state index contributed by atoms with van der Waals surface area (Å²) in [4.78, 5) is 36.9. The highest BCUT2D eigenvalue weighted by atomic mass is 35.5. The molecule has 118 valence electrons. The van der Waals surface area contributed by atoms with Crippen molar-refractivity contribution < 1.29 is 19.1 Å². The Kier molecular flexibility index (Phi) is 4.53. The van der Waals surface area contributed by atoms with Gasteiger partial charge in [-0.05, 0) is 20.8 Å². The maximum absolute atomic E-state index is 12.4. The van der Waals surface area contributed by atoms with E-state index in [2.05, 4.69) is 0 Å². The summed E-state index contributed by atoms with van der Waals surface area (Å²) in [6.45, 7) is 4.86. The van der Waals surface area contributed by atoms with Gasteiger partial charge in [0.2, 0.25) is 0 Å². The highest BCUT2D eigenvalue weighted by Gasteiger charge is 2.49. The molecule has 0 aliphatic heterocycles. The molecule has 4 nitrogen and oxygen atoms in total. The number of carbonyl (C=O) groups is 3. The van der Waals surface area contributed by atoms with E-state index in [1.807, 2.05) is 0 Å². The molecular formula is C14H10Cl4O4. The van der Waals surface area contributed by atoms with Crippen LogP contribution >= 0.6 is 46.4 Å². The maximum atomic E-state index is 12.4. The van der Waals surface area contributed by atoms with E-state index in [9.17, 15) is 14.4 Å². The summed E-state index contributed by atoms with van der Waals surface area (Å²) in [5, 5.41) is -0.679. The second-order valence-electron chi connectivity index (χ2n) is 5.70. The first-order chi connectivity index (χ1) is 9.97. The van der Waals surface area contributed by atoms with E-state index in [1.54, 1.807) is 20.8 Å². The molecule has 2 rings (SSSR count). The minimum absolute atomic E-state index is 0.141. The summed E-state index contributed by atoms with van der Waals surface area (Å²) in [5.74, 6) is -4.18. The fourth-order valence-electron chi connectivity index (χ4n) is 2.08. The summed E-state index contributed by atoms with van der Waals surface area (Å²) >= 11 is 23.7. The zero-order valence-electron chi connectivity index (χ0n) is 11.7. The van der Waals surface area contributed by atoms with Crippen molar-refractivity contribution >= 4 is 63.9 Å². The van der Waals surface area contributed by atoms with Crippen LogP contribution in [-0.4, -0.2) is 23.1 Å². The number of Topliss-reactive ketones (excluding diaryl/α,β-unsaturated/α-hetero) is 2. The summed E-state index contributed by atoms with van der Waals surface area (Å²) in [7, 11) is 0. The molecule has 1 aromatic carbocycles. The monoisotopic (exact) mass is 382 g/mol. The maximum Gasteiger partial charge on any atom is 0.325 e. The van der Waals surface area contributed by atoms with Crippen molar-refractivity contribution in [1.82, 2.24) is 0 Å². The molecule has 0 bridgehead atoms. The van der Waals surface area contributed by atoms with Crippen LogP contribution in [0.2, 0.25) is 20.1 Å². The average Bonchev–Trinajstić information content (AvgIpc) is 2.63. The third-order valence-corrected chi connectivity index (χ3v) is 4.73. The van der Waals surface area contributed by atoms with Gasteiger partial charge in [-0.25, -0.2) is 0 Å². The van der Waals surface area contributed by atoms with E-state index >= 15 is 0 Å². The highest BCUT2D eigenvalue weighted by Crippen LogP contribution is 2.46. The predicted octanol–water partition coefficient (Wildman–Crippen LogP) is 4.64. The van der Waals surface area contributed by atoms with Crippen molar-refractivity contribution in [3.63, 3.8) is 0 Å². The van der Waals surface area contributed by atoms with Crippen LogP contribution in [-0.2, 0) is 9.53 Å². The Morgan fingerprint density at radius 2 is 1.23 bits per heavy atom. The molecule has 0 fully saturated rings. The standard InChI is InChI=1S/C14H10Cl4O4/c1-14(2,3)22-13(21)6-11(19)4-5(12(6)20)8(16)10(18)9(17)7(4)15/h6H,1-3H3. The van der Waals surface area contributed by atoms with Crippen molar-refractivity contribution in [2.75, 3.05) is 0 Å². The average molecular weight is 384 g/mol. The lowest BCUT2D eigenvalue weighted by Gasteiger charge is -2.20. The van der Waals surface area contributed by atoms with Gasteiger partial charge in [-0.3, -0.25) is 14.4 Å². The topological polar surface area (TPSA) is 60.4 Å². The van der Waals surface area contributed by atoms with Crippen molar-refractivity contribution in [3.05, 3.63) is 31.2 Å². The van der Waals surface area contributed by atoms with Gasteiger partial charge in [-0.15, -0.1) is 0 Å². The Labute approximate surface area is 146 Å². The molecule has 0 heterocycles. The third-order valence-electron chi connectivity index (χ3n) is 2.93. The lowest BCUT2D eigenvalue weighted by atomic mass is 10.0. The molecule has 0 amide bonds. The van der Waals surface area contributed by atoms with Crippen molar-refractivity contribution in [1.29, 1.82) is 0 Å². The van der Waals surface area contributed by atoms with Crippen LogP contribution < -0.4 is 0 Å². The number of halogens is 4. The molecule has 1 aromatic rings. The van der Waals surface area contributed by atoms with Gasteiger partial charge in [0, 0.05) is 0 Å². The molecule has 0 unspecified atom stereocenters. The van der Waals surface area contributed by atoms with Gasteiger partial charge in [-0.1, -0.05) is 46.4 Å². The van der Waals surface area contributed by atoms with Gasteiger partial charge in [0.15, 0.2) is 17.5 Å². The first kappa shape index (κ1) is 17.5. The molecule has 0 saturated carbocycles. The predicted molar refractivity (Wildman–Crippen MR) is 84.5 cm³/mol. The largest absolute Gasteiger partial charge is 0.459 e. The van der Waals surface area contributed by atoms with Gasteiger partial charge in [0.05, 0.1) is 31.2 Å². The molecule has 8 heteroatoms. The van der Waals surface area contributed by atoms with Crippen LogP contribution in [0.5, 0.6) is 0 Å². The van der Waals surface area contributed by atoms with Crippen LogP contribution in [0.1, 0.15) is 41.5 Å². The molecule has 0 atom stereocenters. The molecule has 0 aromatic heterocycles. The van der Waals surface area contributed by atoms with Crippen molar-refractivity contribution in [2.24, 2.45) is 5.92 Å². The second kappa shape index (κ2) is 5.68. The summed E-state index contributed by atoms with van der Waals surface area (Å²) in [5.41, 5.74) is -1.24. The molecule has 0 radical (unpaired) electrons. The molecule has 0 spiro atoms. The summed E-state index contributed by atoms with van der Waals surface area (Å²) in [6, 6.07) is 0. The lowest BCUT2D eigenvalue weighted by molar-refractivity contribution is -0.156. The van der Waals surface area contributed by atoms with Gasteiger partial charge >= 0.3 is 5.97 Å². The van der Waals surface area contributed by atoms with E-state index in [-0.39, 0.29) is 31.2 Å². The van der Waals surface area contributed by atoms with Crippen LogP contribution in [0.15, 0.2) is 0 Å². The number of hydrogen-bond acceptors (Lipinski definition) is 4. The number of carbonyl (C=O) groups excluding carboxylic acids is 3. The smallest absolute Gasteiger partial charge is 0.325 e. The van der Waals surface area contributed by atoms with Crippen molar-refractivity contribution in [3.8, 4) is 0 Å². The van der Waals surface area contributed by atoms with Gasteiger partial charge in [0.1, 0.15) is 5.60 Å². The Hall–Kier alpha value is -0.810. The van der Waals surface area contributed by atoms with Gasteiger partial charge in [-0.2, -0.15) is 0 Å². The first-order valence-corrected chi connectivity index (χ1v) is 7.65. The van der Waals surface area contributed by atoms with E-state index in [4.69, 9.17) is 51.1 Å². The fourth-order valence-corrected chi connectivity index (χ4v) is 3.12. The van der Waals surface area contributed by atoms with Gasteiger partial charge < -0.3 is 4.74 Å². The SMILES string of the molecule is CC(C)(C)OC(=O)C1C(=O)c2c(Cl)c(Cl)c(Cl)c(Cl)c2C1=O. The zero-order valence-corrected chi connectivity index (χ0v) is 14.7. The lowest BCUT2D eigenvalue weighted by Crippen LogP contribution is -2.33. The number of ether oxygens (including phenoxy) is 1. The quantitative estimate of drug-likeness (QED) is 0.307. The zero-order chi connectivity index (χ0) is 17.0. The van der Waals surface area contributed by atoms with E-state index in [0.29, 0.717) is 0 Å². The minimum atomic E-state index is -1.64. The van der Waals surface area contributed by atoms with E-state index < -0.39 is 29.1 Å². The minimum Gasteiger partial charge on any atom is -0.459 e. The molecular weight excluding hydrogens is 374 g/mol. The second-order valence-corrected chi connectivity index (χ2v) is 7.21. The molecule has 22 heavy (non-hydrogen) atoms. The Bertz CT molecular complexity index is 672. The van der Waals surface area contributed by atoms with Crippen LogP contribution in [0.4, 0.5) is 0 Å². The normalized spacial score (nSPS) is 15.2. The van der Waals surface area contributed by atoms with Crippen LogP contribution in [0.25, 0.3) is 0 Å². The molecule has 1 aliphatic rings. The third kappa shape index (κ3) is 2.73. The Morgan fingerprint density at radius 3 is 1.55 bits per heavy atom. The fraction of sp³-hybridized carbons (Fsp3) is 0.357. The number of hydrogen-bond donors (Lipinski definition) is 0. The molecule has 0 N–H and O–H groups in total. The van der Waals surface area contributed by atoms with Gasteiger partial charge in [0.25, 0.3) is 0 Å². The van der Waals surface area contributed by atoms with Crippen LogP contribution in [0, 0.1) is 5.92 Å². The number of benzene rings is 1. The number of ketones is 2. The molecule has 0 saturated heterocycles. The number of fused-ring (bicyclic) bond motifs is 1.